The number of hydrogen-bond donors (Lipinski definition) is 5. The first kappa shape index (κ1) is 77.9. The first-order valence-electron chi connectivity index (χ1n) is 30.9. The lowest BCUT2D eigenvalue weighted by atomic mass is 9.81. The van der Waals surface area contributed by atoms with Gasteiger partial charge >= 0.3 is 0 Å². The quantitative estimate of drug-likeness (QED) is 0.147. The van der Waals surface area contributed by atoms with Gasteiger partial charge in [0.1, 0.15) is 59.9 Å². The number of aliphatic hydroxyl groups is 1. The van der Waals surface area contributed by atoms with Crippen molar-refractivity contribution >= 4 is 65.0 Å². The molecule has 1 fully saturated rings. The highest BCUT2D eigenvalue weighted by Gasteiger charge is 2.52. The molecular weight excluding hydrogens is 1100 g/mol. The van der Waals surface area contributed by atoms with E-state index in [-0.39, 0.29) is 55.8 Å². The molecule has 23 nitrogen and oxygen atoms in total. The van der Waals surface area contributed by atoms with Crippen molar-refractivity contribution in [2.45, 2.75) is 229 Å². The van der Waals surface area contributed by atoms with Gasteiger partial charge in [-0.1, -0.05) is 109 Å². The van der Waals surface area contributed by atoms with E-state index in [0.717, 1.165) is 9.80 Å². The molecule has 0 aromatic carbocycles. The molecule has 5 N–H and O–H groups in total. The molecule has 0 spiro atoms. The van der Waals surface area contributed by atoms with E-state index in [1.807, 2.05) is 61.5 Å². The fourth-order valence-electron chi connectivity index (χ4n) is 11.0. The van der Waals surface area contributed by atoms with Gasteiger partial charge in [0, 0.05) is 49.3 Å². The highest BCUT2D eigenvalue weighted by Crippen LogP contribution is 2.31. The predicted molar refractivity (Wildman–Crippen MR) is 333 cm³/mol. The Hall–Kier alpha value is -6.13. The molecule has 0 saturated carbocycles. The average molecular weight is 1220 g/mol. The minimum Gasteiger partial charge on any atom is -0.390 e. The number of nitrogens with one attached hydrogen (secondary N) is 4. The fraction of sp³-hybridized carbons (Fsp3) is 0.794. The number of hydrogen-bond acceptors (Lipinski definition) is 12. The highest BCUT2D eigenvalue weighted by atomic mass is 16.3. The average Bonchev–Trinajstić information content (AvgIpc) is 1.34. The molecule has 23 heteroatoms. The normalized spacial score (nSPS) is 27.6. The maximum atomic E-state index is 15.3. The Bertz CT molecular complexity index is 2380. The first-order chi connectivity index (χ1) is 39.6. The number of carbonyl (C=O) groups excluding carboxylic acids is 11. The Morgan fingerprint density at radius 3 is 1.37 bits per heavy atom. The molecule has 1 rings (SSSR count). The monoisotopic (exact) mass is 1220 g/mol. The maximum absolute atomic E-state index is 15.3. The van der Waals surface area contributed by atoms with Gasteiger partial charge < -0.3 is 60.7 Å². The Morgan fingerprint density at radius 1 is 0.512 bits per heavy atom. The van der Waals surface area contributed by atoms with E-state index in [1.54, 1.807) is 54.5 Å². The van der Waals surface area contributed by atoms with Crippen molar-refractivity contribution in [1.82, 2.24) is 55.6 Å². The highest BCUT2D eigenvalue weighted by molar-refractivity contribution is 6.00. The summed E-state index contributed by atoms with van der Waals surface area (Å²) in [5.74, 6) is -9.82. The van der Waals surface area contributed by atoms with E-state index in [9.17, 15) is 43.5 Å². The minimum absolute atomic E-state index is 0.0123. The zero-order valence-corrected chi connectivity index (χ0v) is 57.0. The van der Waals surface area contributed by atoms with Crippen molar-refractivity contribution in [3.63, 3.8) is 0 Å². The van der Waals surface area contributed by atoms with Gasteiger partial charge in [-0.25, -0.2) is 0 Å². The Kier molecular flexibility index (Phi) is 31.2. The van der Waals surface area contributed by atoms with E-state index >= 15 is 14.4 Å². The second-order valence-electron chi connectivity index (χ2n) is 26.7. The molecule has 1 aliphatic rings. The molecular formula is C63H113N11O12. The lowest BCUT2D eigenvalue weighted by molar-refractivity contribution is -0.163. The predicted octanol–water partition coefficient (Wildman–Crippen LogP) is 3.66. The number of carbonyl (C=O) groups is 11. The molecule has 11 amide bonds. The van der Waals surface area contributed by atoms with Crippen LogP contribution >= 0.6 is 0 Å². The van der Waals surface area contributed by atoms with E-state index < -0.39 is 155 Å². The van der Waals surface area contributed by atoms with Crippen LogP contribution in [0.5, 0.6) is 0 Å². The van der Waals surface area contributed by atoms with Crippen LogP contribution in [-0.4, -0.2) is 226 Å². The Labute approximate surface area is 515 Å². The summed E-state index contributed by atoms with van der Waals surface area (Å²) in [4.78, 5) is 169. The number of aliphatic hydroxyl groups excluding tert-OH is 1. The number of amides is 11. The zero-order valence-electron chi connectivity index (χ0n) is 57.0. The van der Waals surface area contributed by atoms with E-state index in [4.69, 9.17) is 0 Å². The standard InChI is InChI=1S/C63H113N11O12/c1-26-28-29-41(15)52(76)63(18)62(86)66-44(27-2)57(81)68(19)34-49(75)69(20)45(30-35(3)4)55(79)67-50(39(11)12)60(84)70(21)46(31-36(5)6)54(78)64-42(16)53(77)65-43(17)56(80)71(22)47(32-37(7)8)58(82)72(23)48(33-38(9)10)59(83)73(24)51(40(13)14)61(85)74(63)25/h26,28,35-48,50-52,76H,27,29-34H2,1-25H3,(H,64,78)(H,65,77)(H,66,86)(H,67,79)/t41-,42+,43-,44+,45+,46+,47-,48?,50+,51+,52-,63+/m1/s1. The van der Waals surface area contributed by atoms with E-state index in [0.29, 0.717) is 6.42 Å². The summed E-state index contributed by atoms with van der Waals surface area (Å²) >= 11 is 0. The molecule has 1 unspecified atom stereocenters. The summed E-state index contributed by atoms with van der Waals surface area (Å²) in [6, 6.07) is -10.8. The summed E-state index contributed by atoms with van der Waals surface area (Å²) in [5, 5.41) is 23.4. The summed E-state index contributed by atoms with van der Waals surface area (Å²) in [7, 11) is 9.93. The number of nitrogens with zero attached hydrogens (tertiary/aromatic N) is 7. The van der Waals surface area contributed by atoms with Gasteiger partial charge in [-0.2, -0.15) is 0 Å². The summed E-state index contributed by atoms with van der Waals surface area (Å²) in [6.07, 6.45) is 2.96. The van der Waals surface area contributed by atoms with Gasteiger partial charge in [-0.05, 0) is 108 Å². The molecule has 0 radical (unpaired) electrons. The van der Waals surface area contributed by atoms with Gasteiger partial charge in [-0.3, -0.25) is 52.7 Å². The second kappa shape index (κ2) is 34.4. The van der Waals surface area contributed by atoms with E-state index in [2.05, 4.69) is 21.3 Å². The third-order valence-electron chi connectivity index (χ3n) is 16.7. The zero-order chi connectivity index (χ0) is 66.9. The second-order valence-corrected chi connectivity index (χ2v) is 26.7. The Balaban J connectivity index is 4.38. The molecule has 1 aliphatic heterocycles. The van der Waals surface area contributed by atoms with Gasteiger partial charge in [-0.15, -0.1) is 0 Å². The van der Waals surface area contributed by atoms with Gasteiger partial charge in [0.15, 0.2) is 0 Å². The van der Waals surface area contributed by atoms with Crippen LogP contribution in [0.1, 0.15) is 163 Å². The van der Waals surface area contributed by atoms with Crippen molar-refractivity contribution in [2.75, 3.05) is 55.9 Å². The van der Waals surface area contributed by atoms with Crippen LogP contribution in [-0.2, 0) is 52.7 Å². The van der Waals surface area contributed by atoms with Crippen LogP contribution in [0.25, 0.3) is 0 Å². The molecule has 0 aromatic rings. The van der Waals surface area contributed by atoms with Crippen molar-refractivity contribution in [3.05, 3.63) is 12.2 Å². The first-order valence-corrected chi connectivity index (χ1v) is 30.9. The molecule has 12 atom stereocenters. The van der Waals surface area contributed by atoms with Crippen molar-refractivity contribution < 1.29 is 57.8 Å². The summed E-state index contributed by atoms with van der Waals surface area (Å²) < 4.78 is 0. The van der Waals surface area contributed by atoms with Crippen LogP contribution in [0.15, 0.2) is 12.2 Å². The van der Waals surface area contributed by atoms with Gasteiger partial charge in [0.2, 0.25) is 65.0 Å². The van der Waals surface area contributed by atoms with Crippen LogP contribution in [0.2, 0.25) is 0 Å². The number of rotatable bonds is 15. The largest absolute Gasteiger partial charge is 0.390 e. The Morgan fingerprint density at radius 2 is 0.930 bits per heavy atom. The molecule has 492 valence electrons. The van der Waals surface area contributed by atoms with Crippen molar-refractivity contribution in [3.8, 4) is 0 Å². The van der Waals surface area contributed by atoms with E-state index in [1.165, 1.54) is 94.6 Å². The minimum atomic E-state index is -2.10. The number of likely N-dealkylation sites (N-methyl/N-ethyl adjacent to an activating group) is 7. The number of allylic oxidation sites excluding steroid dienone is 2. The lowest BCUT2D eigenvalue weighted by Gasteiger charge is -2.46. The molecule has 1 heterocycles. The van der Waals surface area contributed by atoms with Crippen molar-refractivity contribution in [1.29, 1.82) is 0 Å². The molecule has 86 heavy (non-hydrogen) atoms. The van der Waals surface area contributed by atoms with Crippen LogP contribution in [0.4, 0.5) is 0 Å². The van der Waals surface area contributed by atoms with Crippen molar-refractivity contribution in [2.24, 2.45) is 41.4 Å². The topological polar surface area (TPSA) is 279 Å². The van der Waals surface area contributed by atoms with Crippen LogP contribution in [0, 0.1) is 41.4 Å². The molecule has 1 saturated heterocycles. The van der Waals surface area contributed by atoms with Crippen LogP contribution < -0.4 is 21.3 Å². The SMILES string of the molecule is CC=CC[C@@H](C)[C@@H](O)[C@@]1(C)C(=O)N[C@@H](CC)C(=O)N(C)CC(=O)N(C)[C@@H](CC(C)C)C(=O)N[C@@H](C(C)C)C(=O)N(C)[C@@H](CC(C)C)C(=O)N[C@@H](C)C(=O)N[C@H](C)C(=O)N(C)[C@H](CC(C)C)C(=O)N(C)C(CC(C)C)C(=O)N(C)[C@@H](C(C)C)C(=O)N1C. The summed E-state index contributed by atoms with van der Waals surface area (Å²) in [6.45, 7) is 30.7. The lowest BCUT2D eigenvalue weighted by Crippen LogP contribution is -2.69. The molecule has 0 aliphatic carbocycles. The molecule has 0 aromatic heterocycles. The third kappa shape index (κ3) is 20.5. The smallest absolute Gasteiger partial charge is 0.249 e. The maximum Gasteiger partial charge on any atom is 0.249 e. The van der Waals surface area contributed by atoms with Gasteiger partial charge in [0.05, 0.1) is 12.6 Å². The molecule has 0 bridgehead atoms. The van der Waals surface area contributed by atoms with Crippen LogP contribution in [0.3, 0.4) is 0 Å². The fourth-order valence-corrected chi connectivity index (χ4v) is 11.0. The summed E-state index contributed by atoms with van der Waals surface area (Å²) in [5.41, 5.74) is -2.10. The van der Waals surface area contributed by atoms with Gasteiger partial charge in [0.25, 0.3) is 0 Å². The third-order valence-corrected chi connectivity index (χ3v) is 16.7.